The average molecular weight is 357 g/mol. The molecule has 0 aliphatic carbocycles. The summed E-state index contributed by atoms with van der Waals surface area (Å²) < 4.78 is 12.9. The highest BCUT2D eigenvalue weighted by Gasteiger charge is 2.19. The number of halogens is 1. The lowest BCUT2D eigenvalue weighted by Gasteiger charge is -2.31. The molecule has 2 nitrogen and oxygen atoms in total. The van der Waals surface area contributed by atoms with Crippen LogP contribution in [0.5, 0.6) is 0 Å². The Morgan fingerprint density at radius 2 is 1.72 bits per heavy atom. The molecule has 0 amide bonds. The number of hydrogen-bond acceptors (Lipinski definition) is 3. The number of nitrogens with zero attached hydrogens (tertiary/aromatic N) is 1. The van der Waals surface area contributed by atoms with Crippen LogP contribution in [-0.2, 0) is 6.42 Å². The lowest BCUT2D eigenvalue weighted by molar-refractivity contribution is 0.101. The Bertz CT molecular complexity index is 691. The zero-order valence-electron chi connectivity index (χ0n) is 14.6. The Kier molecular flexibility index (Phi) is 6.27. The number of hydrogen-bond donors (Lipinski definition) is 0. The molecule has 1 saturated heterocycles. The molecule has 2 aromatic rings. The van der Waals surface area contributed by atoms with Crippen molar-refractivity contribution in [3.05, 3.63) is 65.5 Å². The van der Waals surface area contributed by atoms with Gasteiger partial charge in [-0.05, 0) is 69.1 Å². The molecule has 4 heteroatoms. The van der Waals surface area contributed by atoms with Crippen LogP contribution in [0.3, 0.4) is 0 Å². The quantitative estimate of drug-likeness (QED) is 0.691. The van der Waals surface area contributed by atoms with Gasteiger partial charge in [0.05, 0.1) is 0 Å². The van der Waals surface area contributed by atoms with Crippen LogP contribution in [0.25, 0.3) is 0 Å². The normalized spacial score (nSPS) is 16.1. The van der Waals surface area contributed by atoms with Crippen LogP contribution in [0.2, 0.25) is 0 Å². The summed E-state index contributed by atoms with van der Waals surface area (Å²) >= 11 is 1.92. The van der Waals surface area contributed by atoms with Gasteiger partial charge in [-0.15, -0.1) is 11.8 Å². The molecule has 1 heterocycles. The lowest BCUT2D eigenvalue weighted by Crippen LogP contribution is -2.36. The zero-order chi connectivity index (χ0) is 17.6. The predicted molar refractivity (Wildman–Crippen MR) is 102 cm³/mol. The topological polar surface area (TPSA) is 20.3 Å². The largest absolute Gasteiger partial charge is 0.303 e. The van der Waals surface area contributed by atoms with E-state index in [0.29, 0.717) is 5.25 Å². The maximum Gasteiger partial charge on any atom is 0.159 e. The van der Waals surface area contributed by atoms with Crippen LogP contribution in [0.15, 0.2) is 53.4 Å². The van der Waals surface area contributed by atoms with Gasteiger partial charge in [0, 0.05) is 22.3 Å². The standard InChI is InChI=1S/C21H24FNOS/c1-16(24)18-4-8-20(9-5-18)25-21-11-14-23(15-12-21)13-10-17-2-6-19(22)7-3-17/h2-9,21H,10-15H2,1H3. The van der Waals surface area contributed by atoms with E-state index < -0.39 is 0 Å². The Labute approximate surface area is 153 Å². The fourth-order valence-electron chi connectivity index (χ4n) is 3.15. The molecule has 2 aromatic carbocycles. The Morgan fingerprint density at radius 3 is 2.32 bits per heavy atom. The Hall–Kier alpha value is -1.65. The molecule has 0 atom stereocenters. The molecular weight excluding hydrogens is 333 g/mol. The van der Waals surface area contributed by atoms with Crippen molar-refractivity contribution >= 4 is 17.5 Å². The minimum atomic E-state index is -0.169. The summed E-state index contributed by atoms with van der Waals surface area (Å²) in [5.41, 5.74) is 1.98. The summed E-state index contributed by atoms with van der Waals surface area (Å²) in [4.78, 5) is 15.1. The number of rotatable bonds is 6. The average Bonchev–Trinajstić information content (AvgIpc) is 2.63. The first-order valence-electron chi connectivity index (χ1n) is 8.84. The lowest BCUT2D eigenvalue weighted by atomic mass is 10.1. The molecule has 0 aromatic heterocycles. The number of benzene rings is 2. The van der Waals surface area contributed by atoms with Crippen molar-refractivity contribution < 1.29 is 9.18 Å². The molecular formula is C21H24FNOS. The number of carbonyl (C=O) groups excluding carboxylic acids is 1. The van der Waals surface area contributed by atoms with Crippen LogP contribution in [0, 0.1) is 5.82 Å². The van der Waals surface area contributed by atoms with E-state index in [2.05, 4.69) is 17.0 Å². The van der Waals surface area contributed by atoms with Gasteiger partial charge in [-0.3, -0.25) is 4.79 Å². The van der Waals surface area contributed by atoms with E-state index in [4.69, 9.17) is 0 Å². The Morgan fingerprint density at radius 1 is 1.08 bits per heavy atom. The molecule has 1 aliphatic heterocycles. The summed E-state index contributed by atoms with van der Waals surface area (Å²) in [5, 5.41) is 0.644. The van der Waals surface area contributed by atoms with Crippen molar-refractivity contribution in [1.82, 2.24) is 4.90 Å². The van der Waals surface area contributed by atoms with Crippen LogP contribution in [0.1, 0.15) is 35.7 Å². The van der Waals surface area contributed by atoms with Crippen LogP contribution >= 0.6 is 11.8 Å². The number of likely N-dealkylation sites (tertiary alicyclic amines) is 1. The highest BCUT2D eigenvalue weighted by atomic mass is 32.2. The number of carbonyl (C=O) groups is 1. The van der Waals surface area contributed by atoms with Crippen molar-refractivity contribution in [1.29, 1.82) is 0 Å². The number of thioether (sulfide) groups is 1. The maximum absolute atomic E-state index is 12.9. The van der Waals surface area contributed by atoms with Crippen molar-refractivity contribution in [2.75, 3.05) is 19.6 Å². The summed E-state index contributed by atoms with van der Waals surface area (Å²) in [5.74, 6) is -0.0519. The second kappa shape index (κ2) is 8.63. The highest BCUT2D eigenvalue weighted by Crippen LogP contribution is 2.30. The van der Waals surface area contributed by atoms with Crippen LogP contribution in [-0.4, -0.2) is 35.6 Å². The van der Waals surface area contributed by atoms with Crippen molar-refractivity contribution in [2.24, 2.45) is 0 Å². The monoisotopic (exact) mass is 357 g/mol. The fourth-order valence-corrected chi connectivity index (χ4v) is 4.27. The van der Waals surface area contributed by atoms with Gasteiger partial charge in [0.1, 0.15) is 5.82 Å². The van der Waals surface area contributed by atoms with Gasteiger partial charge in [0.25, 0.3) is 0 Å². The number of Topliss-reactive ketones (excluding diaryl/α,β-unsaturated/α-hetero) is 1. The summed E-state index contributed by atoms with van der Waals surface area (Å²) in [6.45, 7) is 4.87. The SMILES string of the molecule is CC(=O)c1ccc(SC2CCN(CCc3ccc(F)cc3)CC2)cc1. The van der Waals surface area contributed by atoms with Crippen molar-refractivity contribution in [2.45, 2.75) is 36.3 Å². The first-order chi connectivity index (χ1) is 12.1. The minimum absolute atomic E-state index is 0.117. The second-order valence-corrected chi connectivity index (χ2v) is 7.99. The molecule has 1 fully saturated rings. The minimum Gasteiger partial charge on any atom is -0.303 e. The van der Waals surface area contributed by atoms with E-state index in [1.165, 1.54) is 35.4 Å². The van der Waals surface area contributed by atoms with Gasteiger partial charge >= 0.3 is 0 Å². The molecule has 0 saturated carbocycles. The summed E-state index contributed by atoms with van der Waals surface area (Å²) in [6, 6.07) is 14.8. The van der Waals surface area contributed by atoms with Gasteiger partial charge < -0.3 is 4.90 Å². The highest BCUT2D eigenvalue weighted by molar-refractivity contribution is 8.00. The first-order valence-corrected chi connectivity index (χ1v) is 9.72. The van der Waals surface area contributed by atoms with Crippen molar-refractivity contribution in [3.63, 3.8) is 0 Å². The van der Waals surface area contributed by atoms with Gasteiger partial charge in [-0.25, -0.2) is 4.39 Å². The van der Waals surface area contributed by atoms with E-state index in [1.54, 1.807) is 6.92 Å². The molecule has 1 aliphatic rings. The van der Waals surface area contributed by atoms with E-state index >= 15 is 0 Å². The molecule has 0 radical (unpaired) electrons. The van der Waals surface area contributed by atoms with Gasteiger partial charge in [-0.1, -0.05) is 24.3 Å². The second-order valence-electron chi connectivity index (χ2n) is 6.62. The summed E-state index contributed by atoms with van der Waals surface area (Å²) in [6.07, 6.45) is 3.34. The smallest absolute Gasteiger partial charge is 0.159 e. The zero-order valence-corrected chi connectivity index (χ0v) is 15.4. The molecule has 0 unspecified atom stereocenters. The van der Waals surface area contributed by atoms with E-state index in [-0.39, 0.29) is 11.6 Å². The third-order valence-corrected chi connectivity index (χ3v) is 6.08. The number of piperidine rings is 1. The third kappa shape index (κ3) is 5.41. The molecule has 132 valence electrons. The third-order valence-electron chi connectivity index (χ3n) is 4.73. The molecule has 0 bridgehead atoms. The van der Waals surface area contributed by atoms with E-state index in [9.17, 15) is 9.18 Å². The Balaban J connectivity index is 1.42. The number of ketones is 1. The van der Waals surface area contributed by atoms with Crippen LogP contribution < -0.4 is 0 Å². The van der Waals surface area contributed by atoms with Crippen LogP contribution in [0.4, 0.5) is 4.39 Å². The predicted octanol–water partition coefficient (Wildman–Crippen LogP) is 4.83. The van der Waals surface area contributed by atoms with E-state index in [1.807, 2.05) is 36.0 Å². The fraction of sp³-hybridized carbons (Fsp3) is 0.381. The van der Waals surface area contributed by atoms with Gasteiger partial charge in [-0.2, -0.15) is 0 Å². The van der Waals surface area contributed by atoms with Crippen molar-refractivity contribution in [3.8, 4) is 0 Å². The molecule has 25 heavy (non-hydrogen) atoms. The van der Waals surface area contributed by atoms with Gasteiger partial charge in [0.2, 0.25) is 0 Å². The first kappa shape index (κ1) is 18.2. The maximum atomic E-state index is 12.9. The van der Waals surface area contributed by atoms with E-state index in [0.717, 1.165) is 31.6 Å². The molecule has 3 rings (SSSR count). The molecule has 0 N–H and O–H groups in total. The molecule has 0 spiro atoms. The van der Waals surface area contributed by atoms with Gasteiger partial charge in [0.15, 0.2) is 5.78 Å². The summed E-state index contributed by atoms with van der Waals surface area (Å²) in [7, 11) is 0.